The molecule has 0 bridgehead atoms. The third-order valence-electron chi connectivity index (χ3n) is 4.02. The van der Waals surface area contributed by atoms with E-state index in [4.69, 9.17) is 11.6 Å². The van der Waals surface area contributed by atoms with Crippen molar-refractivity contribution in [3.63, 3.8) is 0 Å². The van der Waals surface area contributed by atoms with Crippen LogP contribution in [0.15, 0.2) is 30.6 Å². The second-order valence-electron chi connectivity index (χ2n) is 8.71. The van der Waals surface area contributed by atoms with Crippen molar-refractivity contribution in [1.82, 2.24) is 14.7 Å². The first-order valence-electron chi connectivity index (χ1n) is 8.91. The average Bonchev–Trinajstić information content (AvgIpc) is 2.54. The molecule has 2 aromatic heterocycles. The summed E-state index contributed by atoms with van der Waals surface area (Å²) in [5, 5.41) is 3.69. The highest BCUT2D eigenvalue weighted by Gasteiger charge is 2.35. The van der Waals surface area contributed by atoms with Gasteiger partial charge in [0.15, 0.2) is 0 Å². The number of hydrogen-bond acceptors (Lipinski definition) is 5. The van der Waals surface area contributed by atoms with Crippen molar-refractivity contribution < 1.29 is 4.55 Å². The van der Waals surface area contributed by atoms with Gasteiger partial charge in [-0.05, 0) is 56.9 Å². The van der Waals surface area contributed by atoms with Crippen LogP contribution in [0.3, 0.4) is 0 Å². The summed E-state index contributed by atoms with van der Waals surface area (Å²) in [6, 6.07) is 5.57. The van der Waals surface area contributed by atoms with Gasteiger partial charge in [0.1, 0.15) is 10.6 Å². The van der Waals surface area contributed by atoms with Crippen molar-refractivity contribution in [1.29, 1.82) is 0 Å². The van der Waals surface area contributed by atoms with E-state index >= 15 is 0 Å². The quantitative estimate of drug-likeness (QED) is 0.655. The average molecular weight is 409 g/mol. The Balaban J connectivity index is 2.27. The van der Waals surface area contributed by atoms with Crippen molar-refractivity contribution >= 4 is 34.5 Å². The van der Waals surface area contributed by atoms with Gasteiger partial charge in [0.2, 0.25) is 0 Å². The highest BCUT2D eigenvalue weighted by Crippen LogP contribution is 2.36. The van der Waals surface area contributed by atoms with Crippen LogP contribution in [0.1, 0.15) is 58.8 Å². The number of pyridine rings is 2. The van der Waals surface area contributed by atoms with E-state index in [2.05, 4.69) is 40.8 Å². The van der Waals surface area contributed by atoms with Crippen LogP contribution in [0.4, 0.5) is 11.5 Å². The molecule has 7 heteroatoms. The predicted molar refractivity (Wildman–Crippen MR) is 115 cm³/mol. The largest absolute Gasteiger partial charge is 0.598 e. The summed E-state index contributed by atoms with van der Waals surface area (Å²) >= 11 is 5.28. The molecule has 0 fully saturated rings. The first-order valence-corrected chi connectivity index (χ1v) is 10.4. The highest BCUT2D eigenvalue weighted by atomic mass is 35.5. The van der Waals surface area contributed by atoms with Crippen molar-refractivity contribution in [3.05, 3.63) is 46.9 Å². The lowest BCUT2D eigenvalue weighted by molar-refractivity contribution is 0.302. The molecule has 148 valence electrons. The van der Waals surface area contributed by atoms with E-state index in [-0.39, 0.29) is 16.2 Å². The predicted octanol–water partition coefficient (Wildman–Crippen LogP) is 5.32. The minimum atomic E-state index is -1.20. The molecular weight excluding hydrogens is 380 g/mol. The molecule has 2 atom stereocenters. The Morgan fingerprint density at radius 2 is 1.74 bits per heavy atom. The van der Waals surface area contributed by atoms with Gasteiger partial charge in [-0.1, -0.05) is 32.4 Å². The molecule has 5 nitrogen and oxygen atoms in total. The minimum Gasteiger partial charge on any atom is -0.598 e. The normalized spacial score (nSPS) is 14.7. The second kappa shape index (κ2) is 8.35. The third-order valence-corrected chi connectivity index (χ3v) is 5.87. The molecule has 0 aliphatic carbocycles. The smallest absolute Gasteiger partial charge is 0.149 e. The fraction of sp³-hybridized carbons (Fsp3) is 0.500. The number of rotatable bonds is 5. The van der Waals surface area contributed by atoms with Gasteiger partial charge in [-0.2, -0.15) is 0 Å². The minimum absolute atomic E-state index is 0.155. The topological polar surface area (TPSA) is 72.9 Å². The van der Waals surface area contributed by atoms with E-state index in [9.17, 15) is 4.55 Å². The van der Waals surface area contributed by atoms with Crippen LogP contribution in [-0.4, -0.2) is 19.3 Å². The van der Waals surface area contributed by atoms with E-state index in [0.29, 0.717) is 10.8 Å². The summed E-state index contributed by atoms with van der Waals surface area (Å²) in [5.41, 5.74) is 2.50. The van der Waals surface area contributed by atoms with Crippen molar-refractivity contribution in [2.45, 2.75) is 59.3 Å². The van der Waals surface area contributed by atoms with Gasteiger partial charge in [-0.25, -0.2) is 4.98 Å². The fourth-order valence-electron chi connectivity index (χ4n) is 2.41. The summed E-state index contributed by atoms with van der Waals surface area (Å²) < 4.78 is 15.5. The van der Waals surface area contributed by atoms with Gasteiger partial charge in [0.05, 0.1) is 22.9 Å². The molecule has 0 spiro atoms. The van der Waals surface area contributed by atoms with E-state index in [1.165, 1.54) is 0 Å². The van der Waals surface area contributed by atoms with Gasteiger partial charge >= 0.3 is 0 Å². The summed E-state index contributed by atoms with van der Waals surface area (Å²) in [6.07, 6.45) is 3.52. The van der Waals surface area contributed by atoms with E-state index in [1.807, 2.05) is 45.9 Å². The van der Waals surface area contributed by atoms with Crippen LogP contribution in [0.2, 0.25) is 5.02 Å². The zero-order valence-corrected chi connectivity index (χ0v) is 18.6. The molecule has 0 saturated heterocycles. The Kier molecular flexibility index (Phi) is 6.79. The number of nitrogens with one attached hydrogen (secondary N) is 2. The SMILES string of the molecule is Cc1ccc(Nc2ncc([C@H](N[S@+]([O-])C(C)(C)C)C(C)(C)C)cc2Cl)cn1. The van der Waals surface area contributed by atoms with Gasteiger partial charge in [-0.15, -0.1) is 4.72 Å². The van der Waals surface area contributed by atoms with Gasteiger partial charge in [0, 0.05) is 23.3 Å². The Bertz CT molecular complexity index is 769. The standard InChI is InChI=1S/C20H29ClN4OS/c1-13-8-9-15(12-22-13)24-18-16(21)10-14(11-23-18)17(19(2,3)4)25-27(26)20(5,6)7/h8-12,17,25H,1-7H3,(H,23,24)/t17-,27+/m0/s1. The Morgan fingerprint density at radius 1 is 1.07 bits per heavy atom. The zero-order valence-electron chi connectivity index (χ0n) is 17.1. The van der Waals surface area contributed by atoms with Crippen molar-refractivity contribution in [2.75, 3.05) is 5.32 Å². The summed E-state index contributed by atoms with van der Waals surface area (Å²) in [7, 11) is 0. The zero-order chi connectivity index (χ0) is 20.4. The molecular formula is C20H29ClN4OS. The van der Waals surface area contributed by atoms with Crippen LogP contribution in [0.5, 0.6) is 0 Å². The summed E-state index contributed by atoms with van der Waals surface area (Å²) in [6.45, 7) is 14.1. The Labute approximate surface area is 170 Å². The molecule has 0 radical (unpaired) electrons. The first-order chi connectivity index (χ1) is 12.4. The molecule has 0 amide bonds. The molecule has 2 N–H and O–H groups in total. The number of anilines is 2. The molecule has 0 aromatic carbocycles. The monoisotopic (exact) mass is 408 g/mol. The lowest BCUT2D eigenvalue weighted by atomic mass is 9.83. The highest BCUT2D eigenvalue weighted by molar-refractivity contribution is 7.90. The van der Waals surface area contributed by atoms with E-state index < -0.39 is 11.4 Å². The van der Waals surface area contributed by atoms with Crippen molar-refractivity contribution in [2.24, 2.45) is 5.41 Å². The van der Waals surface area contributed by atoms with Gasteiger partial charge < -0.3 is 9.87 Å². The molecule has 0 saturated carbocycles. The molecule has 0 unspecified atom stereocenters. The van der Waals surface area contributed by atoms with Crippen LogP contribution in [0, 0.1) is 12.3 Å². The summed E-state index contributed by atoms with van der Waals surface area (Å²) in [5.74, 6) is 0.565. The maximum Gasteiger partial charge on any atom is 0.149 e. The number of aryl methyl sites for hydroxylation is 1. The Morgan fingerprint density at radius 3 is 2.22 bits per heavy atom. The molecule has 27 heavy (non-hydrogen) atoms. The van der Waals surface area contributed by atoms with Crippen LogP contribution in [-0.2, 0) is 11.4 Å². The van der Waals surface area contributed by atoms with Crippen LogP contribution >= 0.6 is 11.6 Å². The number of nitrogens with zero attached hydrogens (tertiary/aromatic N) is 2. The maximum absolute atomic E-state index is 12.6. The lowest BCUT2D eigenvalue weighted by Gasteiger charge is -2.35. The van der Waals surface area contributed by atoms with Gasteiger partial charge in [-0.3, -0.25) is 4.98 Å². The molecule has 2 aromatic rings. The third kappa shape index (κ3) is 6.07. The lowest BCUT2D eigenvalue weighted by Crippen LogP contribution is -2.44. The Hall–Kier alpha value is -1.34. The first kappa shape index (κ1) is 22.0. The van der Waals surface area contributed by atoms with Crippen LogP contribution < -0.4 is 10.0 Å². The summed E-state index contributed by atoms with van der Waals surface area (Å²) in [4.78, 5) is 8.75. The van der Waals surface area contributed by atoms with Crippen LogP contribution in [0.25, 0.3) is 0 Å². The van der Waals surface area contributed by atoms with E-state index in [0.717, 1.165) is 16.9 Å². The molecule has 0 aliphatic heterocycles. The number of halogens is 1. The fourth-order valence-corrected chi connectivity index (χ4v) is 3.69. The molecule has 0 aliphatic rings. The molecule has 2 rings (SSSR count). The van der Waals surface area contributed by atoms with E-state index in [1.54, 1.807) is 12.4 Å². The maximum atomic E-state index is 12.6. The number of hydrogen-bond donors (Lipinski definition) is 2. The van der Waals surface area contributed by atoms with Gasteiger partial charge in [0.25, 0.3) is 0 Å². The number of aromatic nitrogens is 2. The molecule has 2 heterocycles. The van der Waals surface area contributed by atoms with Crippen molar-refractivity contribution in [3.8, 4) is 0 Å². The second-order valence-corrected chi connectivity index (χ2v) is 11.1.